The Balaban J connectivity index is 1.63. The molecule has 0 amide bonds. The number of hydrogen-bond donors (Lipinski definition) is 1. The van der Waals surface area contributed by atoms with E-state index in [4.69, 9.17) is 4.52 Å². The highest BCUT2D eigenvalue weighted by Crippen LogP contribution is 2.25. The number of piperidine rings is 1. The van der Waals surface area contributed by atoms with Gasteiger partial charge in [-0.3, -0.25) is 10.00 Å². The highest BCUT2D eigenvalue weighted by Gasteiger charge is 2.26. The van der Waals surface area contributed by atoms with Gasteiger partial charge in [0.05, 0.1) is 6.54 Å². The minimum Gasteiger partial charge on any atom is -0.339 e. The fraction of sp³-hybridized carbons (Fsp3) is 0.714. The highest BCUT2D eigenvalue weighted by molar-refractivity contribution is 5.00. The minimum absolute atomic E-state index is 0.102. The molecule has 0 spiro atoms. The highest BCUT2D eigenvalue weighted by atomic mass is 16.5. The minimum atomic E-state index is -0.102. The summed E-state index contributed by atoms with van der Waals surface area (Å²) in [6, 6.07) is 0. The molecule has 0 aromatic carbocycles. The van der Waals surface area contributed by atoms with Gasteiger partial charge in [-0.05, 0) is 19.4 Å². The first-order valence-corrected chi connectivity index (χ1v) is 7.43. The van der Waals surface area contributed by atoms with Crippen molar-refractivity contribution in [1.82, 2.24) is 30.2 Å². The van der Waals surface area contributed by atoms with Crippen LogP contribution in [0, 0.1) is 0 Å². The number of H-pyrrole nitrogens is 1. The molecule has 1 N–H and O–H groups in total. The lowest BCUT2D eigenvalue weighted by Crippen LogP contribution is -2.34. The molecule has 2 aromatic rings. The van der Waals surface area contributed by atoms with Crippen molar-refractivity contribution in [3.05, 3.63) is 23.9 Å². The van der Waals surface area contributed by atoms with Crippen LogP contribution < -0.4 is 0 Å². The molecule has 7 heteroatoms. The average Bonchev–Trinajstić information content (AvgIpc) is 3.09. The van der Waals surface area contributed by atoms with Crippen molar-refractivity contribution >= 4 is 0 Å². The first-order valence-electron chi connectivity index (χ1n) is 7.43. The standard InChI is InChI=1S/C14H22N6O/c1-14(2,3)13-17-11(19-21-13)8-20-6-4-5-10(7-20)12-15-9-16-18-12/h9-10H,4-8H2,1-3H3,(H,15,16,18). The van der Waals surface area contributed by atoms with E-state index < -0.39 is 0 Å². The molecule has 1 unspecified atom stereocenters. The van der Waals surface area contributed by atoms with Crippen LogP contribution >= 0.6 is 0 Å². The average molecular weight is 290 g/mol. The van der Waals surface area contributed by atoms with Crippen molar-refractivity contribution in [1.29, 1.82) is 0 Å². The van der Waals surface area contributed by atoms with Gasteiger partial charge in [-0.1, -0.05) is 25.9 Å². The van der Waals surface area contributed by atoms with Crippen LogP contribution in [0.5, 0.6) is 0 Å². The smallest absolute Gasteiger partial charge is 0.232 e. The SMILES string of the molecule is CC(C)(C)c1nc(CN2CCCC(c3ncn[nH]3)C2)no1. The number of rotatable bonds is 3. The summed E-state index contributed by atoms with van der Waals surface area (Å²) in [4.78, 5) is 11.1. The molecule has 1 saturated heterocycles. The molecule has 0 saturated carbocycles. The molecule has 3 rings (SSSR count). The Morgan fingerprint density at radius 2 is 2.29 bits per heavy atom. The lowest BCUT2D eigenvalue weighted by atomic mass is 9.97. The van der Waals surface area contributed by atoms with Gasteiger partial charge < -0.3 is 4.52 Å². The van der Waals surface area contributed by atoms with Crippen molar-refractivity contribution in [3.8, 4) is 0 Å². The van der Waals surface area contributed by atoms with E-state index in [1.807, 2.05) is 0 Å². The number of aromatic amines is 1. The van der Waals surface area contributed by atoms with Gasteiger partial charge in [-0.2, -0.15) is 10.1 Å². The largest absolute Gasteiger partial charge is 0.339 e. The predicted octanol–water partition coefficient (Wildman–Crippen LogP) is 1.86. The van der Waals surface area contributed by atoms with E-state index in [-0.39, 0.29) is 5.41 Å². The summed E-state index contributed by atoms with van der Waals surface area (Å²) in [7, 11) is 0. The van der Waals surface area contributed by atoms with E-state index in [9.17, 15) is 0 Å². The first-order chi connectivity index (χ1) is 10.0. The van der Waals surface area contributed by atoms with Gasteiger partial charge in [0.2, 0.25) is 5.89 Å². The second-order valence-electron chi connectivity index (χ2n) is 6.71. The molecule has 2 aromatic heterocycles. The molecule has 1 atom stereocenters. The van der Waals surface area contributed by atoms with Crippen LogP contribution in [0.15, 0.2) is 10.9 Å². The summed E-state index contributed by atoms with van der Waals surface area (Å²) in [5.41, 5.74) is -0.102. The lowest BCUT2D eigenvalue weighted by Gasteiger charge is -2.30. The van der Waals surface area contributed by atoms with Crippen molar-refractivity contribution in [2.24, 2.45) is 0 Å². The van der Waals surface area contributed by atoms with Crippen molar-refractivity contribution in [3.63, 3.8) is 0 Å². The molecule has 7 nitrogen and oxygen atoms in total. The zero-order chi connectivity index (χ0) is 14.9. The third kappa shape index (κ3) is 3.29. The maximum Gasteiger partial charge on any atom is 0.232 e. The Bertz CT molecular complexity index is 571. The zero-order valence-electron chi connectivity index (χ0n) is 12.8. The van der Waals surface area contributed by atoms with Crippen molar-refractivity contribution < 1.29 is 4.52 Å². The first kappa shape index (κ1) is 14.2. The quantitative estimate of drug-likeness (QED) is 0.929. The van der Waals surface area contributed by atoms with Crippen molar-refractivity contribution in [2.45, 2.75) is 51.5 Å². The maximum atomic E-state index is 5.35. The van der Waals surface area contributed by atoms with E-state index in [0.717, 1.165) is 44.1 Å². The molecule has 0 radical (unpaired) electrons. The van der Waals surface area contributed by atoms with Gasteiger partial charge in [0.1, 0.15) is 12.2 Å². The number of likely N-dealkylation sites (tertiary alicyclic amines) is 1. The van der Waals surface area contributed by atoms with E-state index in [1.54, 1.807) is 6.33 Å². The Labute approximate surface area is 124 Å². The molecule has 1 aliphatic heterocycles. The van der Waals surface area contributed by atoms with Crippen LogP contribution in [0.4, 0.5) is 0 Å². The second kappa shape index (κ2) is 5.55. The molecule has 114 valence electrons. The monoisotopic (exact) mass is 290 g/mol. The summed E-state index contributed by atoms with van der Waals surface area (Å²) in [5.74, 6) is 2.85. The molecule has 1 aliphatic rings. The van der Waals surface area contributed by atoms with Gasteiger partial charge in [-0.15, -0.1) is 0 Å². The Kier molecular flexibility index (Phi) is 3.75. The van der Waals surface area contributed by atoms with Gasteiger partial charge in [0.25, 0.3) is 0 Å². The van der Waals surface area contributed by atoms with Crippen LogP contribution in [0.1, 0.15) is 57.1 Å². The number of nitrogens with one attached hydrogen (secondary N) is 1. The molecule has 21 heavy (non-hydrogen) atoms. The van der Waals surface area contributed by atoms with Crippen LogP contribution in [-0.4, -0.2) is 43.3 Å². The molecule has 0 aliphatic carbocycles. The topological polar surface area (TPSA) is 83.7 Å². The molecule has 1 fully saturated rings. The molecular formula is C14H22N6O. The van der Waals surface area contributed by atoms with Crippen LogP contribution in [0.2, 0.25) is 0 Å². The zero-order valence-corrected chi connectivity index (χ0v) is 12.8. The Morgan fingerprint density at radius 1 is 1.43 bits per heavy atom. The molecule has 3 heterocycles. The summed E-state index contributed by atoms with van der Waals surface area (Å²) in [6.45, 7) is 8.96. The van der Waals surface area contributed by atoms with Gasteiger partial charge in [0, 0.05) is 17.9 Å². The van der Waals surface area contributed by atoms with E-state index in [0.29, 0.717) is 11.8 Å². The fourth-order valence-corrected chi connectivity index (χ4v) is 2.66. The van der Waals surface area contributed by atoms with E-state index in [1.165, 1.54) is 0 Å². The number of nitrogens with zero attached hydrogens (tertiary/aromatic N) is 5. The normalized spacial score (nSPS) is 20.8. The number of hydrogen-bond acceptors (Lipinski definition) is 6. The van der Waals surface area contributed by atoms with Gasteiger partial charge >= 0.3 is 0 Å². The van der Waals surface area contributed by atoms with Gasteiger partial charge in [-0.25, -0.2) is 4.98 Å². The van der Waals surface area contributed by atoms with E-state index in [2.05, 4.69) is 51.0 Å². The van der Waals surface area contributed by atoms with Crippen LogP contribution in [0.3, 0.4) is 0 Å². The third-order valence-corrected chi connectivity index (χ3v) is 3.80. The maximum absolute atomic E-state index is 5.35. The lowest BCUT2D eigenvalue weighted by molar-refractivity contribution is 0.190. The second-order valence-corrected chi connectivity index (χ2v) is 6.71. The Hall–Kier alpha value is -1.76. The van der Waals surface area contributed by atoms with E-state index >= 15 is 0 Å². The summed E-state index contributed by atoms with van der Waals surface area (Å²) in [5, 5.41) is 11.0. The Morgan fingerprint density at radius 3 is 2.95 bits per heavy atom. The number of aromatic nitrogens is 5. The predicted molar refractivity (Wildman–Crippen MR) is 76.6 cm³/mol. The summed E-state index contributed by atoms with van der Waals surface area (Å²) in [6.07, 6.45) is 3.86. The van der Waals surface area contributed by atoms with Crippen LogP contribution in [0.25, 0.3) is 0 Å². The third-order valence-electron chi connectivity index (χ3n) is 3.80. The summed E-state index contributed by atoms with van der Waals surface area (Å²) >= 11 is 0. The van der Waals surface area contributed by atoms with Crippen LogP contribution in [-0.2, 0) is 12.0 Å². The van der Waals surface area contributed by atoms with Crippen molar-refractivity contribution in [2.75, 3.05) is 13.1 Å². The van der Waals surface area contributed by atoms with Gasteiger partial charge in [0.15, 0.2) is 5.82 Å². The summed E-state index contributed by atoms with van der Waals surface area (Å²) < 4.78 is 5.35. The molecular weight excluding hydrogens is 268 g/mol. The molecule has 0 bridgehead atoms. The fourth-order valence-electron chi connectivity index (χ4n) is 2.66.